The Labute approximate surface area is 117 Å². The van der Waals surface area contributed by atoms with Crippen LogP contribution >= 0.6 is 0 Å². The molecule has 0 saturated heterocycles. The highest BCUT2D eigenvalue weighted by atomic mass is 16.5. The molecule has 6 nitrogen and oxygen atoms in total. The molecule has 0 fully saturated rings. The van der Waals surface area contributed by atoms with Crippen LogP contribution in [0, 0.1) is 11.3 Å². The van der Waals surface area contributed by atoms with Gasteiger partial charge in [0.15, 0.2) is 6.10 Å². The fraction of sp³-hybridized carbons (Fsp3) is 0.357. The summed E-state index contributed by atoms with van der Waals surface area (Å²) in [5, 5.41) is 10.9. The number of nitrogens with one attached hydrogen (secondary N) is 1. The van der Waals surface area contributed by atoms with Crippen molar-refractivity contribution >= 4 is 11.9 Å². The zero-order valence-electron chi connectivity index (χ0n) is 11.4. The van der Waals surface area contributed by atoms with Gasteiger partial charge in [0, 0.05) is 5.56 Å². The van der Waals surface area contributed by atoms with Crippen molar-refractivity contribution in [3.63, 3.8) is 0 Å². The van der Waals surface area contributed by atoms with Crippen molar-refractivity contribution in [3.8, 4) is 11.8 Å². The molecule has 1 aromatic rings. The van der Waals surface area contributed by atoms with Crippen LogP contribution in [0.25, 0.3) is 0 Å². The number of benzene rings is 1. The summed E-state index contributed by atoms with van der Waals surface area (Å²) < 4.78 is 9.96. The first kappa shape index (κ1) is 15.5. The summed E-state index contributed by atoms with van der Waals surface area (Å²) in [5.74, 6) is -0.376. The van der Waals surface area contributed by atoms with Gasteiger partial charge in [0.2, 0.25) is 0 Å². The van der Waals surface area contributed by atoms with Crippen LogP contribution in [0.2, 0.25) is 0 Å². The number of carbonyl (C=O) groups is 2. The number of carbonyl (C=O) groups excluding carboxylic acids is 2. The maximum absolute atomic E-state index is 11.7. The molecule has 1 N–H and O–H groups in total. The van der Waals surface area contributed by atoms with Gasteiger partial charge >= 0.3 is 5.97 Å². The molecule has 1 aromatic carbocycles. The number of amides is 1. The fourth-order valence-electron chi connectivity index (χ4n) is 1.39. The van der Waals surface area contributed by atoms with E-state index in [0.717, 1.165) is 0 Å². The van der Waals surface area contributed by atoms with Gasteiger partial charge in [-0.1, -0.05) is 0 Å². The van der Waals surface area contributed by atoms with Crippen LogP contribution in [-0.2, 0) is 9.53 Å². The van der Waals surface area contributed by atoms with Gasteiger partial charge in [-0.3, -0.25) is 9.59 Å². The van der Waals surface area contributed by atoms with Crippen LogP contribution in [0.1, 0.15) is 24.2 Å². The van der Waals surface area contributed by atoms with Gasteiger partial charge in [0.1, 0.15) is 18.4 Å². The standard InChI is InChI=1S/C14H16N2O4/c1-3-19-12-6-4-11(5-7-12)14(18)16-9-13(17)20-10(2)8-15/h4-7,10H,3,9H2,1-2H3,(H,16,18)/t10-/m0/s1. The largest absolute Gasteiger partial charge is 0.494 e. The molecule has 0 aliphatic rings. The molecule has 0 aliphatic carbocycles. The molecule has 1 atom stereocenters. The van der Waals surface area contributed by atoms with Crippen molar-refractivity contribution in [1.29, 1.82) is 5.26 Å². The van der Waals surface area contributed by atoms with E-state index >= 15 is 0 Å². The third-order valence-electron chi connectivity index (χ3n) is 2.31. The number of nitriles is 1. The highest BCUT2D eigenvalue weighted by molar-refractivity contribution is 5.96. The Hall–Kier alpha value is -2.55. The second-order valence-electron chi connectivity index (χ2n) is 3.90. The van der Waals surface area contributed by atoms with E-state index in [4.69, 9.17) is 14.7 Å². The van der Waals surface area contributed by atoms with Crippen LogP contribution in [0.15, 0.2) is 24.3 Å². The van der Waals surface area contributed by atoms with Crippen molar-refractivity contribution in [1.82, 2.24) is 5.32 Å². The Morgan fingerprint density at radius 2 is 2.00 bits per heavy atom. The molecule has 0 heterocycles. The minimum absolute atomic E-state index is 0.280. The van der Waals surface area contributed by atoms with E-state index in [2.05, 4.69) is 5.32 Å². The molecule has 0 bridgehead atoms. The molecule has 6 heteroatoms. The summed E-state index contributed by atoms with van der Waals surface area (Å²) in [7, 11) is 0. The Bertz CT molecular complexity index is 505. The number of rotatable bonds is 6. The average Bonchev–Trinajstić information content (AvgIpc) is 2.45. The lowest BCUT2D eigenvalue weighted by atomic mass is 10.2. The molecule has 1 rings (SSSR count). The molecular formula is C14H16N2O4. The highest BCUT2D eigenvalue weighted by Gasteiger charge is 2.11. The van der Waals surface area contributed by atoms with E-state index in [-0.39, 0.29) is 6.54 Å². The topological polar surface area (TPSA) is 88.4 Å². The van der Waals surface area contributed by atoms with Gasteiger partial charge in [-0.2, -0.15) is 5.26 Å². The minimum atomic E-state index is -0.829. The molecule has 20 heavy (non-hydrogen) atoms. The monoisotopic (exact) mass is 276 g/mol. The minimum Gasteiger partial charge on any atom is -0.494 e. The summed E-state index contributed by atoms with van der Waals surface area (Å²) >= 11 is 0. The van der Waals surface area contributed by atoms with Gasteiger partial charge in [0.05, 0.1) is 6.61 Å². The van der Waals surface area contributed by atoms with E-state index in [1.807, 2.05) is 6.92 Å². The van der Waals surface area contributed by atoms with Crippen LogP contribution in [0.4, 0.5) is 0 Å². The Morgan fingerprint density at radius 3 is 2.55 bits per heavy atom. The first-order chi connectivity index (χ1) is 9.56. The van der Waals surface area contributed by atoms with Crippen molar-refractivity contribution < 1.29 is 19.1 Å². The second kappa shape index (κ2) is 7.79. The van der Waals surface area contributed by atoms with E-state index < -0.39 is 18.0 Å². The van der Waals surface area contributed by atoms with E-state index in [9.17, 15) is 9.59 Å². The first-order valence-corrected chi connectivity index (χ1v) is 6.17. The predicted molar refractivity (Wildman–Crippen MR) is 71.1 cm³/mol. The SMILES string of the molecule is CCOc1ccc(C(=O)NCC(=O)O[C@@H](C)C#N)cc1. The van der Waals surface area contributed by atoms with Gasteiger partial charge < -0.3 is 14.8 Å². The quantitative estimate of drug-likeness (QED) is 0.790. The summed E-state index contributed by atoms with van der Waals surface area (Å²) in [5.41, 5.74) is 0.412. The second-order valence-corrected chi connectivity index (χ2v) is 3.90. The number of nitrogens with zero attached hydrogens (tertiary/aromatic N) is 1. The van der Waals surface area contributed by atoms with Crippen LogP contribution in [-0.4, -0.2) is 31.1 Å². The molecule has 0 aliphatic heterocycles. The van der Waals surface area contributed by atoms with Crippen LogP contribution in [0.5, 0.6) is 5.75 Å². The first-order valence-electron chi connectivity index (χ1n) is 6.17. The smallest absolute Gasteiger partial charge is 0.326 e. The van der Waals surface area contributed by atoms with E-state index in [1.54, 1.807) is 30.3 Å². The normalized spacial score (nSPS) is 11.1. The highest BCUT2D eigenvalue weighted by Crippen LogP contribution is 2.11. The van der Waals surface area contributed by atoms with Gasteiger partial charge in [-0.25, -0.2) is 0 Å². The van der Waals surface area contributed by atoms with E-state index in [0.29, 0.717) is 17.9 Å². The Morgan fingerprint density at radius 1 is 1.35 bits per heavy atom. The van der Waals surface area contributed by atoms with Gasteiger partial charge in [-0.15, -0.1) is 0 Å². The third kappa shape index (κ3) is 4.98. The lowest BCUT2D eigenvalue weighted by molar-refractivity contribution is -0.144. The fourth-order valence-corrected chi connectivity index (χ4v) is 1.39. The Kier molecular flexibility index (Phi) is 6.04. The van der Waals surface area contributed by atoms with Crippen LogP contribution in [0.3, 0.4) is 0 Å². The zero-order chi connectivity index (χ0) is 15.0. The number of esters is 1. The molecule has 1 amide bonds. The summed E-state index contributed by atoms with van der Waals surface area (Å²) in [4.78, 5) is 23.0. The number of hydrogen-bond acceptors (Lipinski definition) is 5. The lowest BCUT2D eigenvalue weighted by Gasteiger charge is -2.08. The predicted octanol–water partition coefficient (Wildman–Crippen LogP) is 1.27. The molecule has 0 spiro atoms. The maximum Gasteiger partial charge on any atom is 0.326 e. The third-order valence-corrected chi connectivity index (χ3v) is 2.31. The molecule has 0 unspecified atom stereocenters. The summed E-state index contributed by atoms with van der Waals surface area (Å²) in [6.07, 6.45) is -0.829. The van der Waals surface area contributed by atoms with Crippen molar-refractivity contribution in [3.05, 3.63) is 29.8 Å². The molecule has 0 radical (unpaired) electrons. The van der Waals surface area contributed by atoms with Gasteiger partial charge in [0.25, 0.3) is 5.91 Å². The summed E-state index contributed by atoms with van der Waals surface area (Å²) in [6, 6.07) is 8.32. The summed E-state index contributed by atoms with van der Waals surface area (Å²) in [6.45, 7) is 3.59. The maximum atomic E-state index is 11.7. The van der Waals surface area contributed by atoms with Gasteiger partial charge in [-0.05, 0) is 38.1 Å². The van der Waals surface area contributed by atoms with Crippen molar-refractivity contribution in [2.75, 3.05) is 13.2 Å². The van der Waals surface area contributed by atoms with Crippen LogP contribution < -0.4 is 10.1 Å². The molecule has 106 valence electrons. The molecule has 0 saturated carbocycles. The average molecular weight is 276 g/mol. The number of ether oxygens (including phenoxy) is 2. The van der Waals surface area contributed by atoms with E-state index in [1.165, 1.54) is 6.92 Å². The zero-order valence-corrected chi connectivity index (χ0v) is 11.4. The number of hydrogen-bond donors (Lipinski definition) is 1. The Balaban J connectivity index is 2.46. The van der Waals surface area contributed by atoms with Crippen molar-refractivity contribution in [2.24, 2.45) is 0 Å². The molecule has 0 aromatic heterocycles. The molecular weight excluding hydrogens is 260 g/mol. The lowest BCUT2D eigenvalue weighted by Crippen LogP contribution is -2.31. The van der Waals surface area contributed by atoms with Crippen molar-refractivity contribution in [2.45, 2.75) is 20.0 Å².